The Morgan fingerprint density at radius 2 is 1.79 bits per heavy atom. The summed E-state index contributed by atoms with van der Waals surface area (Å²) in [6.07, 6.45) is 1.74. The van der Waals surface area contributed by atoms with Crippen molar-refractivity contribution in [3.05, 3.63) is 130 Å². The number of rotatable bonds is 7. The number of aromatic nitrogens is 1. The molecule has 0 aliphatic carbocycles. The van der Waals surface area contributed by atoms with Gasteiger partial charge in [0.15, 0.2) is 4.80 Å². The summed E-state index contributed by atoms with van der Waals surface area (Å²) in [5, 5.41) is 0.824. The lowest BCUT2D eigenvalue weighted by molar-refractivity contribution is -0.140. The highest BCUT2D eigenvalue weighted by atomic mass is 35.5. The first-order valence-electron chi connectivity index (χ1n) is 12.3. The van der Waals surface area contributed by atoms with Crippen LogP contribution < -0.4 is 19.6 Å². The fraction of sp³-hybridized carbons (Fsp3) is 0.167. The van der Waals surface area contributed by atoms with Gasteiger partial charge in [-0.15, -0.1) is 0 Å². The van der Waals surface area contributed by atoms with Crippen LogP contribution in [0.2, 0.25) is 10.0 Å². The Balaban J connectivity index is 1.61. The van der Waals surface area contributed by atoms with Crippen LogP contribution in [-0.4, -0.2) is 17.1 Å². The van der Waals surface area contributed by atoms with Gasteiger partial charge in [-0.2, -0.15) is 0 Å². The van der Waals surface area contributed by atoms with E-state index in [1.807, 2.05) is 61.5 Å². The molecule has 0 unspecified atom stereocenters. The van der Waals surface area contributed by atoms with E-state index in [0.717, 1.165) is 16.7 Å². The van der Waals surface area contributed by atoms with E-state index in [2.05, 4.69) is 4.99 Å². The molecule has 0 amide bonds. The Kier molecular flexibility index (Phi) is 8.02. The van der Waals surface area contributed by atoms with Crippen LogP contribution in [0.4, 0.5) is 0 Å². The number of halogens is 2. The molecule has 1 aromatic heterocycles. The van der Waals surface area contributed by atoms with E-state index < -0.39 is 12.0 Å². The normalized spacial score (nSPS) is 15.1. The summed E-state index contributed by atoms with van der Waals surface area (Å²) < 4.78 is 13.3. The molecule has 0 radical (unpaired) electrons. The Morgan fingerprint density at radius 1 is 1.05 bits per heavy atom. The van der Waals surface area contributed by atoms with Gasteiger partial charge in [0.2, 0.25) is 0 Å². The highest BCUT2D eigenvalue weighted by Crippen LogP contribution is 2.32. The van der Waals surface area contributed by atoms with E-state index in [0.29, 0.717) is 43.0 Å². The summed E-state index contributed by atoms with van der Waals surface area (Å²) in [7, 11) is 0. The van der Waals surface area contributed by atoms with Crippen molar-refractivity contribution in [3.8, 4) is 5.75 Å². The second kappa shape index (κ2) is 11.6. The Bertz CT molecular complexity index is 1740. The lowest BCUT2D eigenvalue weighted by atomic mass is 9.96. The summed E-state index contributed by atoms with van der Waals surface area (Å²) in [4.78, 5) is 32.4. The molecule has 0 bridgehead atoms. The number of carbonyl (C=O) groups is 1. The molecule has 0 saturated heterocycles. The molecule has 1 aliphatic heterocycles. The molecule has 0 N–H and O–H groups in total. The molecule has 0 saturated carbocycles. The molecule has 39 heavy (non-hydrogen) atoms. The van der Waals surface area contributed by atoms with Crippen molar-refractivity contribution in [2.45, 2.75) is 26.5 Å². The Labute approximate surface area is 239 Å². The van der Waals surface area contributed by atoms with Gasteiger partial charge < -0.3 is 9.47 Å². The summed E-state index contributed by atoms with van der Waals surface area (Å²) in [5.41, 5.74) is 2.86. The number of allylic oxidation sites excluding steroid dienone is 1. The van der Waals surface area contributed by atoms with Gasteiger partial charge in [-0.25, -0.2) is 9.79 Å². The van der Waals surface area contributed by atoms with Crippen LogP contribution in [0.1, 0.15) is 36.6 Å². The molecule has 1 aliphatic rings. The zero-order valence-corrected chi connectivity index (χ0v) is 23.5. The lowest BCUT2D eigenvalue weighted by Gasteiger charge is -2.25. The minimum atomic E-state index is -0.726. The largest absolute Gasteiger partial charge is 0.494 e. The molecular formula is C30H24Cl2N2O4S. The molecule has 0 fully saturated rings. The maximum Gasteiger partial charge on any atom is 0.338 e. The molecule has 0 spiro atoms. The molecule has 9 heteroatoms. The smallest absolute Gasteiger partial charge is 0.338 e. The second-order valence-corrected chi connectivity index (χ2v) is 10.6. The van der Waals surface area contributed by atoms with Crippen molar-refractivity contribution in [1.82, 2.24) is 4.57 Å². The van der Waals surface area contributed by atoms with Gasteiger partial charge in [-0.3, -0.25) is 9.36 Å². The number of hydrogen-bond acceptors (Lipinski definition) is 6. The van der Waals surface area contributed by atoms with E-state index in [9.17, 15) is 9.59 Å². The van der Waals surface area contributed by atoms with Crippen molar-refractivity contribution in [1.29, 1.82) is 0 Å². The molecule has 6 nitrogen and oxygen atoms in total. The fourth-order valence-corrected chi connectivity index (χ4v) is 5.72. The average molecular weight is 580 g/mol. The van der Waals surface area contributed by atoms with Gasteiger partial charge in [-0.05, 0) is 60.9 Å². The van der Waals surface area contributed by atoms with E-state index >= 15 is 0 Å². The summed E-state index contributed by atoms with van der Waals surface area (Å²) in [5.74, 6) is 0.167. The first-order valence-corrected chi connectivity index (χ1v) is 13.8. The molecule has 5 rings (SSSR count). The minimum absolute atomic E-state index is 0.105. The average Bonchev–Trinajstić information content (AvgIpc) is 3.24. The highest BCUT2D eigenvalue weighted by molar-refractivity contribution is 7.07. The quantitative estimate of drug-likeness (QED) is 0.264. The molecule has 3 aromatic carbocycles. The van der Waals surface area contributed by atoms with Crippen molar-refractivity contribution in [2.75, 3.05) is 6.61 Å². The monoisotopic (exact) mass is 578 g/mol. The Hall–Kier alpha value is -3.65. The van der Waals surface area contributed by atoms with Gasteiger partial charge >= 0.3 is 5.97 Å². The SMILES string of the molecule is CCOc1ccc([C@H]2C(C(=O)OCc3ccccc3)=C(C)N=c3s/c(=C/c4ccc(Cl)c(Cl)c4)c(=O)n32)cc1. The molecule has 2 heterocycles. The second-order valence-electron chi connectivity index (χ2n) is 8.82. The van der Waals surface area contributed by atoms with Crippen LogP contribution in [0.25, 0.3) is 6.08 Å². The number of thiazole rings is 1. The third-order valence-electron chi connectivity index (χ3n) is 6.20. The number of esters is 1. The number of carbonyl (C=O) groups excluding carboxylic acids is 1. The number of ether oxygens (including phenoxy) is 2. The number of nitrogens with zero attached hydrogens (tertiary/aromatic N) is 2. The molecule has 198 valence electrons. The van der Waals surface area contributed by atoms with Crippen LogP contribution >= 0.6 is 34.5 Å². The Morgan fingerprint density at radius 3 is 2.49 bits per heavy atom. The zero-order chi connectivity index (χ0) is 27.5. The van der Waals surface area contributed by atoms with Crippen LogP contribution in [0, 0.1) is 0 Å². The van der Waals surface area contributed by atoms with Crippen LogP contribution in [0.15, 0.2) is 93.9 Å². The van der Waals surface area contributed by atoms with E-state index in [4.69, 9.17) is 32.7 Å². The van der Waals surface area contributed by atoms with Crippen LogP contribution in [0.3, 0.4) is 0 Å². The topological polar surface area (TPSA) is 69.9 Å². The number of hydrogen-bond donors (Lipinski definition) is 0. The third kappa shape index (κ3) is 5.71. The number of fused-ring (bicyclic) bond motifs is 1. The van der Waals surface area contributed by atoms with E-state index in [-0.39, 0.29) is 12.2 Å². The van der Waals surface area contributed by atoms with E-state index in [1.54, 1.807) is 35.8 Å². The molecule has 4 aromatic rings. The van der Waals surface area contributed by atoms with Crippen molar-refractivity contribution >= 4 is 46.6 Å². The summed E-state index contributed by atoms with van der Waals surface area (Å²) in [6.45, 7) is 4.30. The standard InChI is InChI=1S/C30H24Cl2N2O4S/c1-3-37-22-12-10-21(11-13-22)27-26(29(36)38-17-19-7-5-4-6-8-19)18(2)33-30-34(27)28(35)25(39-30)16-20-9-14-23(31)24(32)15-20/h4-16,27H,3,17H2,1-2H3/b25-16+/t27-/m0/s1. The first kappa shape index (κ1) is 26.9. The first-order chi connectivity index (χ1) is 18.9. The van der Waals surface area contributed by atoms with Gasteiger partial charge in [-0.1, -0.05) is 83.1 Å². The molecular weight excluding hydrogens is 555 g/mol. The van der Waals surface area contributed by atoms with Crippen molar-refractivity contribution < 1.29 is 14.3 Å². The van der Waals surface area contributed by atoms with Crippen molar-refractivity contribution in [3.63, 3.8) is 0 Å². The molecule has 1 atom stereocenters. The third-order valence-corrected chi connectivity index (χ3v) is 7.92. The van der Waals surface area contributed by atoms with Crippen LogP contribution in [-0.2, 0) is 16.1 Å². The minimum Gasteiger partial charge on any atom is -0.494 e. The van der Waals surface area contributed by atoms with E-state index in [1.165, 1.54) is 11.3 Å². The highest BCUT2D eigenvalue weighted by Gasteiger charge is 2.33. The van der Waals surface area contributed by atoms with Crippen molar-refractivity contribution in [2.24, 2.45) is 4.99 Å². The maximum atomic E-state index is 13.8. The summed E-state index contributed by atoms with van der Waals surface area (Å²) >= 11 is 13.5. The fourth-order valence-electron chi connectivity index (χ4n) is 4.37. The lowest BCUT2D eigenvalue weighted by Crippen LogP contribution is -2.39. The number of benzene rings is 3. The van der Waals surface area contributed by atoms with Gasteiger partial charge in [0.1, 0.15) is 12.4 Å². The van der Waals surface area contributed by atoms with Gasteiger partial charge in [0, 0.05) is 0 Å². The van der Waals surface area contributed by atoms with Crippen LogP contribution in [0.5, 0.6) is 5.75 Å². The van der Waals surface area contributed by atoms with Gasteiger partial charge in [0.05, 0.1) is 38.5 Å². The predicted molar refractivity (Wildman–Crippen MR) is 154 cm³/mol. The predicted octanol–water partition coefficient (Wildman–Crippen LogP) is 5.68. The maximum absolute atomic E-state index is 13.8. The summed E-state index contributed by atoms with van der Waals surface area (Å²) in [6, 6.07) is 21.2. The zero-order valence-electron chi connectivity index (χ0n) is 21.2. The van der Waals surface area contributed by atoms with Gasteiger partial charge in [0.25, 0.3) is 5.56 Å².